The average Bonchev–Trinajstić information content (AvgIpc) is 2.83. The third kappa shape index (κ3) is 2.02. The zero-order valence-electron chi connectivity index (χ0n) is 10.8. The van der Waals surface area contributed by atoms with Gasteiger partial charge in [0.05, 0.1) is 0 Å². The minimum atomic E-state index is -0.550. The molecule has 0 bridgehead atoms. The molecule has 1 atom stereocenters. The molecule has 0 saturated carbocycles. The van der Waals surface area contributed by atoms with Crippen LogP contribution in [0.1, 0.15) is 0 Å². The molecular weight excluding hydrogens is 290 g/mol. The van der Waals surface area contributed by atoms with E-state index in [0.29, 0.717) is 22.3 Å². The third-order valence-corrected chi connectivity index (χ3v) is 3.71. The molecular formula is C15H10ClN3O2. The highest BCUT2D eigenvalue weighted by Crippen LogP contribution is 2.38. The summed E-state index contributed by atoms with van der Waals surface area (Å²) >= 11 is 6.21. The molecule has 2 heterocycles. The molecule has 2 aromatic rings. The lowest BCUT2D eigenvalue weighted by molar-refractivity contribution is 0.220. The van der Waals surface area contributed by atoms with Crippen molar-refractivity contribution in [3.63, 3.8) is 0 Å². The smallest absolute Gasteiger partial charge is 0.323 e. The minimum Gasteiger partial charge on any atom is -0.461 e. The Balaban J connectivity index is 1.77. The van der Waals surface area contributed by atoms with Crippen LogP contribution in [0.2, 0.25) is 5.02 Å². The first-order valence-electron chi connectivity index (χ1n) is 6.42. The van der Waals surface area contributed by atoms with Crippen molar-refractivity contribution in [1.82, 2.24) is 10.6 Å². The van der Waals surface area contributed by atoms with Crippen molar-refractivity contribution >= 4 is 29.2 Å². The van der Waals surface area contributed by atoms with Gasteiger partial charge in [-0.1, -0.05) is 35.9 Å². The second-order valence-electron chi connectivity index (χ2n) is 4.76. The fourth-order valence-corrected chi connectivity index (χ4v) is 2.64. The van der Waals surface area contributed by atoms with Gasteiger partial charge in [-0.3, -0.25) is 10.6 Å². The Kier molecular flexibility index (Phi) is 2.62. The van der Waals surface area contributed by atoms with Crippen LogP contribution >= 0.6 is 11.6 Å². The Labute approximate surface area is 125 Å². The third-order valence-electron chi connectivity index (χ3n) is 3.38. The summed E-state index contributed by atoms with van der Waals surface area (Å²) in [7, 11) is 0. The van der Waals surface area contributed by atoms with Crippen molar-refractivity contribution < 1.29 is 9.53 Å². The van der Waals surface area contributed by atoms with Crippen molar-refractivity contribution in [1.29, 1.82) is 0 Å². The number of carbonyl (C=O) groups is 1. The molecule has 1 unspecified atom stereocenters. The number of rotatable bonds is 1. The van der Waals surface area contributed by atoms with Crippen LogP contribution in [0.5, 0.6) is 5.75 Å². The van der Waals surface area contributed by atoms with Gasteiger partial charge in [0, 0.05) is 10.6 Å². The fraction of sp³-hybridized carbons (Fsp3) is 0.0667. The summed E-state index contributed by atoms with van der Waals surface area (Å²) in [6.07, 6.45) is -0.550. The summed E-state index contributed by atoms with van der Waals surface area (Å²) in [6, 6.07) is 12.9. The van der Waals surface area contributed by atoms with Gasteiger partial charge < -0.3 is 4.74 Å². The van der Waals surface area contributed by atoms with Crippen molar-refractivity contribution in [3.05, 3.63) is 47.5 Å². The van der Waals surface area contributed by atoms with E-state index in [4.69, 9.17) is 16.3 Å². The summed E-state index contributed by atoms with van der Waals surface area (Å²) in [5.74, 6) is 1.10. The normalized spacial score (nSPS) is 18.8. The van der Waals surface area contributed by atoms with Crippen LogP contribution in [-0.2, 0) is 0 Å². The SMILES string of the molecule is O=C1NC2=Nc3ccc(-c4ccccc4Cl)cc3OC2N1. The number of carbonyl (C=O) groups excluding carboxylic acids is 1. The highest BCUT2D eigenvalue weighted by Gasteiger charge is 2.33. The van der Waals surface area contributed by atoms with E-state index in [1.165, 1.54) is 0 Å². The first kappa shape index (κ1) is 12.2. The van der Waals surface area contributed by atoms with E-state index in [1.54, 1.807) is 0 Å². The molecule has 104 valence electrons. The van der Waals surface area contributed by atoms with E-state index < -0.39 is 6.23 Å². The van der Waals surface area contributed by atoms with Gasteiger partial charge in [-0.05, 0) is 23.8 Å². The minimum absolute atomic E-state index is 0.308. The van der Waals surface area contributed by atoms with Gasteiger partial charge in [-0.25, -0.2) is 9.79 Å². The number of amides is 2. The van der Waals surface area contributed by atoms with E-state index in [-0.39, 0.29) is 6.03 Å². The first-order chi connectivity index (χ1) is 10.2. The Morgan fingerprint density at radius 2 is 2.05 bits per heavy atom. The molecule has 6 heteroatoms. The molecule has 4 rings (SSSR count). The Morgan fingerprint density at radius 1 is 1.19 bits per heavy atom. The number of ether oxygens (including phenoxy) is 1. The fourth-order valence-electron chi connectivity index (χ4n) is 2.40. The first-order valence-corrected chi connectivity index (χ1v) is 6.80. The molecule has 0 aliphatic carbocycles. The number of fused-ring (bicyclic) bond motifs is 2. The number of nitrogens with zero attached hydrogens (tertiary/aromatic N) is 1. The molecule has 5 nitrogen and oxygen atoms in total. The van der Waals surface area contributed by atoms with Gasteiger partial charge in [0.2, 0.25) is 6.23 Å². The summed E-state index contributed by atoms with van der Waals surface area (Å²) in [5, 5.41) is 5.92. The van der Waals surface area contributed by atoms with E-state index in [1.807, 2.05) is 42.5 Å². The van der Waals surface area contributed by atoms with Crippen LogP contribution in [0.15, 0.2) is 47.5 Å². The van der Waals surface area contributed by atoms with Crippen molar-refractivity contribution in [2.45, 2.75) is 6.23 Å². The molecule has 0 aromatic heterocycles. The molecule has 0 radical (unpaired) electrons. The predicted molar refractivity (Wildman–Crippen MR) is 80.1 cm³/mol. The zero-order valence-corrected chi connectivity index (χ0v) is 11.5. The molecule has 2 aromatic carbocycles. The molecule has 0 spiro atoms. The van der Waals surface area contributed by atoms with Gasteiger partial charge in [-0.2, -0.15) is 0 Å². The number of nitrogens with one attached hydrogen (secondary N) is 2. The van der Waals surface area contributed by atoms with Gasteiger partial charge in [0.1, 0.15) is 11.4 Å². The lowest BCUT2D eigenvalue weighted by Crippen LogP contribution is -2.36. The van der Waals surface area contributed by atoms with Gasteiger partial charge >= 0.3 is 6.03 Å². The molecule has 2 N–H and O–H groups in total. The van der Waals surface area contributed by atoms with Crippen molar-refractivity contribution in [2.75, 3.05) is 0 Å². The van der Waals surface area contributed by atoms with Gasteiger partial charge in [-0.15, -0.1) is 0 Å². The van der Waals surface area contributed by atoms with Crippen LogP contribution < -0.4 is 15.4 Å². The Bertz CT molecular complexity index is 788. The average molecular weight is 300 g/mol. The number of aliphatic imine (C=N–C) groups is 1. The standard InChI is InChI=1S/C15H10ClN3O2/c16-10-4-2-1-3-9(10)8-5-6-11-12(7-8)21-14-13(17-11)18-15(20)19-14/h1-7,14H,(H2,17,18,19,20). The number of halogens is 1. The lowest BCUT2D eigenvalue weighted by atomic mass is 10.0. The largest absolute Gasteiger partial charge is 0.461 e. The van der Waals surface area contributed by atoms with E-state index >= 15 is 0 Å². The summed E-state index contributed by atoms with van der Waals surface area (Å²) in [6.45, 7) is 0. The van der Waals surface area contributed by atoms with Crippen molar-refractivity contribution in [3.8, 4) is 16.9 Å². The quantitative estimate of drug-likeness (QED) is 0.850. The van der Waals surface area contributed by atoms with E-state index in [2.05, 4.69) is 15.6 Å². The molecule has 2 aliphatic heterocycles. The maximum Gasteiger partial charge on any atom is 0.323 e. The summed E-state index contributed by atoms with van der Waals surface area (Å²) in [5.41, 5.74) is 2.55. The highest BCUT2D eigenvalue weighted by atomic mass is 35.5. The Hall–Kier alpha value is -2.53. The summed E-state index contributed by atoms with van der Waals surface area (Å²) in [4.78, 5) is 15.7. The van der Waals surface area contributed by atoms with E-state index in [0.717, 1.165) is 11.1 Å². The molecule has 21 heavy (non-hydrogen) atoms. The van der Waals surface area contributed by atoms with Crippen LogP contribution in [-0.4, -0.2) is 18.1 Å². The maximum atomic E-state index is 11.3. The molecule has 1 saturated heterocycles. The van der Waals surface area contributed by atoms with Crippen LogP contribution in [0.25, 0.3) is 11.1 Å². The van der Waals surface area contributed by atoms with Crippen LogP contribution in [0.3, 0.4) is 0 Å². The topological polar surface area (TPSA) is 62.7 Å². The lowest BCUT2D eigenvalue weighted by Gasteiger charge is -2.20. The monoisotopic (exact) mass is 299 g/mol. The predicted octanol–water partition coefficient (Wildman–Crippen LogP) is 3.07. The number of benzene rings is 2. The second kappa shape index (κ2) is 4.49. The van der Waals surface area contributed by atoms with Gasteiger partial charge in [0.15, 0.2) is 5.84 Å². The number of amidine groups is 1. The van der Waals surface area contributed by atoms with Gasteiger partial charge in [0.25, 0.3) is 0 Å². The number of hydrogen-bond acceptors (Lipinski definition) is 3. The molecule has 1 fully saturated rings. The molecule has 2 amide bonds. The number of hydrogen-bond donors (Lipinski definition) is 2. The van der Waals surface area contributed by atoms with Crippen LogP contribution in [0, 0.1) is 0 Å². The highest BCUT2D eigenvalue weighted by molar-refractivity contribution is 6.33. The second-order valence-corrected chi connectivity index (χ2v) is 5.16. The van der Waals surface area contributed by atoms with Crippen molar-refractivity contribution in [2.24, 2.45) is 4.99 Å². The maximum absolute atomic E-state index is 11.3. The van der Waals surface area contributed by atoms with E-state index in [9.17, 15) is 4.79 Å². The molecule has 2 aliphatic rings. The van der Waals surface area contributed by atoms with Crippen LogP contribution in [0.4, 0.5) is 10.5 Å². The Morgan fingerprint density at radius 3 is 2.90 bits per heavy atom. The number of urea groups is 1. The zero-order chi connectivity index (χ0) is 14.4. The summed E-state index contributed by atoms with van der Waals surface area (Å²) < 4.78 is 5.76.